The molecule has 0 rings (SSSR count). The number of carboxylic acids is 2. The van der Waals surface area contributed by atoms with Gasteiger partial charge in [0.1, 0.15) is 0 Å². The van der Waals surface area contributed by atoms with Gasteiger partial charge in [0.25, 0.3) is 0 Å². The molecule has 0 aromatic carbocycles. The van der Waals surface area contributed by atoms with E-state index in [1.807, 2.05) is 0 Å². The zero-order valence-electron chi connectivity index (χ0n) is 13.0. The molecule has 0 aliphatic carbocycles. The van der Waals surface area contributed by atoms with Crippen LogP contribution >= 0.6 is 0 Å². The van der Waals surface area contributed by atoms with Crippen LogP contribution in [0.3, 0.4) is 0 Å². The van der Waals surface area contributed by atoms with E-state index in [1.54, 1.807) is 0 Å². The molecule has 0 saturated heterocycles. The third kappa shape index (κ3) is 10.3. The minimum absolute atomic E-state index is 0. The van der Waals surface area contributed by atoms with Crippen LogP contribution in [-0.2, 0) is 9.59 Å². The molecule has 2 N–H and O–H groups in total. The molecule has 0 unspecified atom stereocenters. The van der Waals surface area contributed by atoms with E-state index in [2.05, 4.69) is 6.92 Å². The van der Waals surface area contributed by atoms with Crippen molar-refractivity contribution in [2.75, 3.05) is 0 Å². The molecule has 0 radical (unpaired) electrons. The molecule has 21 heavy (non-hydrogen) atoms. The molecule has 4 nitrogen and oxygen atoms in total. The average Bonchev–Trinajstić information content (AvgIpc) is 2.40. The second-order valence-electron chi connectivity index (χ2n) is 5.87. The molecular formula is C16H31NaO4. The molecule has 0 saturated carbocycles. The summed E-state index contributed by atoms with van der Waals surface area (Å²) >= 11 is 0. The van der Waals surface area contributed by atoms with Crippen molar-refractivity contribution in [1.82, 2.24) is 0 Å². The summed E-state index contributed by atoms with van der Waals surface area (Å²) in [6.07, 6.45) is 11.8. The van der Waals surface area contributed by atoms with E-state index in [1.165, 1.54) is 51.9 Å². The second-order valence-corrected chi connectivity index (χ2v) is 5.87. The quantitative estimate of drug-likeness (QED) is 0.308. The monoisotopic (exact) mass is 310 g/mol. The normalized spacial score (nSPS) is 11.0. The molecule has 0 aromatic heterocycles. The van der Waals surface area contributed by atoms with Gasteiger partial charge in [0, 0.05) is 0 Å². The molecule has 0 atom stereocenters. The van der Waals surface area contributed by atoms with Crippen molar-refractivity contribution >= 4 is 41.5 Å². The number of hydrogen-bond donors (Lipinski definition) is 2. The van der Waals surface area contributed by atoms with Crippen molar-refractivity contribution < 1.29 is 19.8 Å². The summed E-state index contributed by atoms with van der Waals surface area (Å²) in [4.78, 5) is 21.9. The average molecular weight is 310 g/mol. The Kier molecular flexibility index (Phi) is 15.0. The van der Waals surface area contributed by atoms with Crippen molar-refractivity contribution in [1.29, 1.82) is 0 Å². The van der Waals surface area contributed by atoms with Crippen molar-refractivity contribution in [2.45, 2.75) is 84.5 Å². The van der Waals surface area contributed by atoms with E-state index < -0.39 is 17.4 Å². The number of hydrogen-bond acceptors (Lipinski definition) is 2. The van der Waals surface area contributed by atoms with Gasteiger partial charge in [-0.15, -0.1) is 0 Å². The zero-order chi connectivity index (χ0) is 15.4. The Labute approximate surface area is 151 Å². The van der Waals surface area contributed by atoms with Crippen LogP contribution in [0.2, 0.25) is 0 Å². The Balaban J connectivity index is 0. The Bertz CT molecular complexity index is 278. The van der Waals surface area contributed by atoms with Crippen molar-refractivity contribution in [3.8, 4) is 0 Å². The SMILES string of the molecule is CCCCCCCCCCCCC(C)(C(=O)O)C(=O)O.[NaH]. The van der Waals surface area contributed by atoms with Gasteiger partial charge in [-0.05, 0) is 13.3 Å². The fourth-order valence-corrected chi connectivity index (χ4v) is 2.27. The van der Waals surface area contributed by atoms with Gasteiger partial charge in [0.15, 0.2) is 5.41 Å². The van der Waals surface area contributed by atoms with E-state index in [0.717, 1.165) is 12.8 Å². The Morgan fingerprint density at radius 1 is 0.762 bits per heavy atom. The molecule has 120 valence electrons. The molecule has 0 aliphatic rings. The van der Waals surface area contributed by atoms with Gasteiger partial charge in [-0.1, -0.05) is 71.1 Å². The molecule has 0 amide bonds. The summed E-state index contributed by atoms with van der Waals surface area (Å²) < 4.78 is 0. The van der Waals surface area contributed by atoms with Gasteiger partial charge in [0.2, 0.25) is 0 Å². The predicted octanol–water partition coefficient (Wildman–Crippen LogP) is 3.82. The summed E-state index contributed by atoms with van der Waals surface area (Å²) in [7, 11) is 0. The topological polar surface area (TPSA) is 74.6 Å². The summed E-state index contributed by atoms with van der Waals surface area (Å²) in [6.45, 7) is 3.51. The fraction of sp³-hybridized carbons (Fsp3) is 0.875. The molecular weight excluding hydrogens is 279 g/mol. The van der Waals surface area contributed by atoms with Gasteiger partial charge in [0.05, 0.1) is 0 Å². The number of unbranched alkanes of at least 4 members (excludes halogenated alkanes) is 9. The van der Waals surface area contributed by atoms with Crippen LogP contribution in [-0.4, -0.2) is 51.7 Å². The maximum atomic E-state index is 11.0. The summed E-state index contributed by atoms with van der Waals surface area (Å²) in [5.74, 6) is -2.47. The molecule has 5 heteroatoms. The van der Waals surface area contributed by atoms with Crippen LogP contribution in [0.4, 0.5) is 0 Å². The van der Waals surface area contributed by atoms with Crippen molar-refractivity contribution in [2.24, 2.45) is 5.41 Å². The summed E-state index contributed by atoms with van der Waals surface area (Å²) in [5.41, 5.74) is -1.62. The van der Waals surface area contributed by atoms with Crippen LogP contribution < -0.4 is 0 Å². The number of carboxylic acid groups (broad SMARTS) is 2. The third-order valence-corrected chi connectivity index (χ3v) is 3.97. The van der Waals surface area contributed by atoms with E-state index in [9.17, 15) is 9.59 Å². The van der Waals surface area contributed by atoms with Crippen molar-refractivity contribution in [3.63, 3.8) is 0 Å². The van der Waals surface area contributed by atoms with Crippen LogP contribution in [0.15, 0.2) is 0 Å². The van der Waals surface area contributed by atoms with Crippen LogP contribution in [0.25, 0.3) is 0 Å². The van der Waals surface area contributed by atoms with Gasteiger partial charge < -0.3 is 10.2 Å². The molecule has 0 heterocycles. The summed E-state index contributed by atoms with van der Waals surface area (Å²) in [5, 5.41) is 17.9. The van der Waals surface area contributed by atoms with Gasteiger partial charge in [-0.25, -0.2) is 0 Å². The van der Waals surface area contributed by atoms with Crippen LogP contribution in [0.1, 0.15) is 84.5 Å². The van der Waals surface area contributed by atoms with Crippen LogP contribution in [0, 0.1) is 5.41 Å². The number of rotatable bonds is 13. The minimum atomic E-state index is -1.62. The first-order chi connectivity index (χ1) is 9.45. The Hall–Kier alpha value is -0.0600. The van der Waals surface area contributed by atoms with Crippen molar-refractivity contribution in [3.05, 3.63) is 0 Å². The standard InChI is InChI=1S/C16H30O4.Na.H/c1-3-4-5-6-7-8-9-10-11-12-13-16(2,14(17)18)15(19)20;;/h3-13H2,1-2H3,(H,17,18)(H,19,20);;. The molecule has 0 aromatic rings. The summed E-state index contributed by atoms with van der Waals surface area (Å²) in [6, 6.07) is 0. The first kappa shape index (κ1) is 23.2. The Morgan fingerprint density at radius 3 is 1.43 bits per heavy atom. The third-order valence-electron chi connectivity index (χ3n) is 3.97. The first-order valence-corrected chi connectivity index (χ1v) is 7.92. The van der Waals surface area contributed by atoms with E-state index in [-0.39, 0.29) is 36.0 Å². The molecule has 0 fully saturated rings. The number of aliphatic carboxylic acids is 2. The van der Waals surface area contributed by atoms with Gasteiger partial charge in [-0.3, -0.25) is 9.59 Å². The van der Waals surface area contributed by atoms with E-state index >= 15 is 0 Å². The Morgan fingerprint density at radius 2 is 1.10 bits per heavy atom. The maximum absolute atomic E-state index is 11.0. The zero-order valence-corrected chi connectivity index (χ0v) is 13.0. The first-order valence-electron chi connectivity index (χ1n) is 7.92. The molecule has 0 bridgehead atoms. The van der Waals surface area contributed by atoms with Gasteiger partial charge >= 0.3 is 41.5 Å². The van der Waals surface area contributed by atoms with E-state index in [0.29, 0.717) is 6.42 Å². The van der Waals surface area contributed by atoms with Gasteiger partial charge in [-0.2, -0.15) is 0 Å². The molecule has 0 aliphatic heterocycles. The fourth-order valence-electron chi connectivity index (χ4n) is 2.27. The molecule has 0 spiro atoms. The van der Waals surface area contributed by atoms with E-state index in [4.69, 9.17) is 10.2 Å². The number of carbonyl (C=O) groups is 2. The van der Waals surface area contributed by atoms with Crippen LogP contribution in [0.5, 0.6) is 0 Å². The second kappa shape index (κ2) is 13.6. The predicted molar refractivity (Wildman–Crippen MR) is 87.0 cm³/mol.